The van der Waals surface area contributed by atoms with Crippen LogP contribution in [0.4, 0.5) is 0 Å². The molecule has 1 aliphatic heterocycles. The molecule has 0 aliphatic carbocycles. The highest BCUT2D eigenvalue weighted by molar-refractivity contribution is 5.76. The van der Waals surface area contributed by atoms with E-state index in [0.29, 0.717) is 5.92 Å². The van der Waals surface area contributed by atoms with Crippen LogP contribution < -0.4 is 4.74 Å². The average Bonchev–Trinajstić information content (AvgIpc) is 3.26. The highest BCUT2D eigenvalue weighted by Gasteiger charge is 2.26. The molecular formula is C16H19N5O. The van der Waals surface area contributed by atoms with Crippen LogP contribution in [-0.4, -0.2) is 45.0 Å². The molecule has 0 amide bonds. The van der Waals surface area contributed by atoms with E-state index in [-0.39, 0.29) is 0 Å². The lowest BCUT2D eigenvalue weighted by Gasteiger charge is -2.13. The lowest BCUT2D eigenvalue weighted by atomic mass is 10.1. The topological polar surface area (TPSA) is 69.8 Å². The van der Waals surface area contributed by atoms with Gasteiger partial charge in [0.1, 0.15) is 17.4 Å². The predicted octanol–water partition coefficient (Wildman–Crippen LogP) is 2.28. The van der Waals surface area contributed by atoms with Crippen LogP contribution in [0.15, 0.2) is 30.6 Å². The monoisotopic (exact) mass is 297 g/mol. The van der Waals surface area contributed by atoms with E-state index in [1.54, 1.807) is 13.3 Å². The summed E-state index contributed by atoms with van der Waals surface area (Å²) in [6, 6.07) is 5.95. The molecule has 22 heavy (non-hydrogen) atoms. The Morgan fingerprint density at radius 3 is 3.18 bits per heavy atom. The van der Waals surface area contributed by atoms with Crippen LogP contribution in [0.25, 0.3) is 11.0 Å². The fraction of sp³-hybridized carbons (Fsp3) is 0.375. The molecule has 3 aromatic rings. The van der Waals surface area contributed by atoms with Crippen molar-refractivity contribution in [1.29, 1.82) is 0 Å². The second-order valence-electron chi connectivity index (χ2n) is 5.76. The normalized spacial score (nSPS) is 19.0. The number of benzene rings is 1. The molecule has 4 rings (SSSR count). The number of H-pyrrole nitrogens is 2. The highest BCUT2D eigenvalue weighted by Crippen LogP contribution is 2.28. The fourth-order valence-electron chi connectivity index (χ4n) is 3.12. The van der Waals surface area contributed by atoms with E-state index >= 15 is 0 Å². The Balaban J connectivity index is 1.50. The van der Waals surface area contributed by atoms with Gasteiger partial charge in [-0.3, -0.25) is 4.90 Å². The van der Waals surface area contributed by atoms with Gasteiger partial charge in [-0.1, -0.05) is 0 Å². The molecule has 1 aliphatic rings. The van der Waals surface area contributed by atoms with Crippen molar-refractivity contribution in [1.82, 2.24) is 24.8 Å². The maximum Gasteiger partial charge on any atom is 0.121 e. The van der Waals surface area contributed by atoms with Crippen molar-refractivity contribution in [2.24, 2.45) is 0 Å². The third-order valence-electron chi connectivity index (χ3n) is 4.29. The standard InChI is InChI=1S/C16H19N5O/c1-22-12-2-3-13-14(8-12)20-16(19-13)11-4-7-21(9-11)10-15-17-5-6-18-15/h2-3,5-6,8,11H,4,7,9-10H2,1H3,(H,17,18)(H,19,20). The zero-order valence-electron chi connectivity index (χ0n) is 12.5. The molecule has 1 saturated heterocycles. The molecule has 6 heteroatoms. The van der Waals surface area contributed by atoms with Gasteiger partial charge in [-0.05, 0) is 25.1 Å². The lowest BCUT2D eigenvalue weighted by molar-refractivity contribution is 0.318. The third-order valence-corrected chi connectivity index (χ3v) is 4.29. The van der Waals surface area contributed by atoms with Crippen molar-refractivity contribution in [3.63, 3.8) is 0 Å². The third kappa shape index (κ3) is 2.46. The predicted molar refractivity (Wildman–Crippen MR) is 83.9 cm³/mol. The summed E-state index contributed by atoms with van der Waals surface area (Å²) in [4.78, 5) is 18.1. The zero-order valence-corrected chi connectivity index (χ0v) is 12.5. The molecule has 0 spiro atoms. The summed E-state index contributed by atoms with van der Waals surface area (Å²) in [5, 5.41) is 0. The van der Waals surface area contributed by atoms with Crippen LogP contribution in [0.1, 0.15) is 24.0 Å². The molecular weight excluding hydrogens is 278 g/mol. The van der Waals surface area contributed by atoms with E-state index < -0.39 is 0 Å². The lowest BCUT2D eigenvalue weighted by Crippen LogP contribution is -2.20. The summed E-state index contributed by atoms with van der Waals surface area (Å²) in [5.41, 5.74) is 2.04. The smallest absolute Gasteiger partial charge is 0.121 e. The van der Waals surface area contributed by atoms with Gasteiger partial charge in [0, 0.05) is 30.9 Å². The summed E-state index contributed by atoms with van der Waals surface area (Å²) in [6.07, 6.45) is 4.79. The first-order valence-electron chi connectivity index (χ1n) is 7.56. The van der Waals surface area contributed by atoms with Crippen molar-refractivity contribution in [2.45, 2.75) is 18.9 Å². The Kier molecular flexibility index (Phi) is 3.31. The molecule has 1 aromatic carbocycles. The van der Waals surface area contributed by atoms with Crippen molar-refractivity contribution in [2.75, 3.05) is 20.2 Å². The Labute approximate surface area is 128 Å². The molecule has 2 aromatic heterocycles. The summed E-state index contributed by atoms with van der Waals surface area (Å²) in [6.45, 7) is 2.96. The molecule has 2 N–H and O–H groups in total. The number of hydrogen-bond acceptors (Lipinski definition) is 4. The van der Waals surface area contributed by atoms with Crippen molar-refractivity contribution in [3.05, 3.63) is 42.2 Å². The minimum Gasteiger partial charge on any atom is -0.497 e. The molecule has 1 unspecified atom stereocenters. The first-order chi connectivity index (χ1) is 10.8. The average molecular weight is 297 g/mol. The van der Waals surface area contributed by atoms with E-state index in [4.69, 9.17) is 9.72 Å². The minimum atomic E-state index is 0.452. The summed E-state index contributed by atoms with van der Waals surface area (Å²) in [7, 11) is 1.68. The molecule has 1 atom stereocenters. The molecule has 0 radical (unpaired) electrons. The van der Waals surface area contributed by atoms with Crippen molar-refractivity contribution < 1.29 is 4.74 Å². The summed E-state index contributed by atoms with van der Waals surface area (Å²) < 4.78 is 5.27. The van der Waals surface area contributed by atoms with Crippen LogP contribution in [0, 0.1) is 0 Å². The maximum atomic E-state index is 5.27. The Bertz CT molecular complexity index is 764. The van der Waals surface area contributed by atoms with Gasteiger partial charge >= 0.3 is 0 Å². The number of rotatable bonds is 4. The van der Waals surface area contributed by atoms with E-state index in [2.05, 4.69) is 19.9 Å². The van der Waals surface area contributed by atoms with Crippen LogP contribution in [-0.2, 0) is 6.54 Å². The number of ether oxygens (including phenoxy) is 1. The van der Waals surface area contributed by atoms with Gasteiger partial charge in [0.2, 0.25) is 0 Å². The Hall–Kier alpha value is -2.34. The first-order valence-corrected chi connectivity index (χ1v) is 7.56. The number of hydrogen-bond donors (Lipinski definition) is 2. The van der Waals surface area contributed by atoms with Crippen LogP contribution in [0.5, 0.6) is 5.75 Å². The zero-order chi connectivity index (χ0) is 14.9. The van der Waals surface area contributed by atoms with Crippen LogP contribution in [0.2, 0.25) is 0 Å². The number of aromatic amines is 2. The van der Waals surface area contributed by atoms with E-state index in [1.165, 1.54) is 0 Å². The SMILES string of the molecule is COc1ccc2nc(C3CCN(Cc4ncc[nH]4)C3)[nH]c2c1. The van der Waals surface area contributed by atoms with Crippen LogP contribution in [0.3, 0.4) is 0 Å². The number of likely N-dealkylation sites (tertiary alicyclic amines) is 1. The van der Waals surface area contributed by atoms with Gasteiger partial charge < -0.3 is 14.7 Å². The molecule has 3 heterocycles. The van der Waals surface area contributed by atoms with Gasteiger partial charge in [0.15, 0.2) is 0 Å². The highest BCUT2D eigenvalue weighted by atomic mass is 16.5. The quantitative estimate of drug-likeness (QED) is 0.775. The summed E-state index contributed by atoms with van der Waals surface area (Å²) >= 11 is 0. The molecule has 114 valence electrons. The number of methoxy groups -OCH3 is 1. The fourth-order valence-corrected chi connectivity index (χ4v) is 3.12. The van der Waals surface area contributed by atoms with E-state index in [1.807, 2.05) is 24.4 Å². The van der Waals surface area contributed by atoms with Crippen LogP contribution >= 0.6 is 0 Å². The van der Waals surface area contributed by atoms with Gasteiger partial charge in [-0.2, -0.15) is 0 Å². The van der Waals surface area contributed by atoms with Gasteiger partial charge in [-0.15, -0.1) is 0 Å². The Morgan fingerprint density at radius 1 is 1.41 bits per heavy atom. The largest absolute Gasteiger partial charge is 0.497 e. The number of aromatic nitrogens is 4. The van der Waals surface area contributed by atoms with Gasteiger partial charge in [0.25, 0.3) is 0 Å². The van der Waals surface area contributed by atoms with E-state index in [0.717, 1.165) is 54.5 Å². The first kappa shape index (κ1) is 13.3. The second-order valence-corrected chi connectivity index (χ2v) is 5.76. The second kappa shape index (κ2) is 5.46. The maximum absolute atomic E-state index is 5.27. The van der Waals surface area contributed by atoms with E-state index in [9.17, 15) is 0 Å². The summed E-state index contributed by atoms with van der Waals surface area (Å²) in [5.74, 6) is 3.40. The van der Waals surface area contributed by atoms with Crippen molar-refractivity contribution in [3.8, 4) is 5.75 Å². The minimum absolute atomic E-state index is 0.452. The number of imidazole rings is 2. The number of fused-ring (bicyclic) bond motifs is 1. The molecule has 0 saturated carbocycles. The molecule has 6 nitrogen and oxygen atoms in total. The number of nitrogens with one attached hydrogen (secondary N) is 2. The van der Waals surface area contributed by atoms with Gasteiger partial charge in [0.05, 0.1) is 24.7 Å². The van der Waals surface area contributed by atoms with Crippen molar-refractivity contribution >= 4 is 11.0 Å². The Morgan fingerprint density at radius 2 is 2.36 bits per heavy atom. The molecule has 1 fully saturated rings. The molecule has 0 bridgehead atoms. The number of nitrogens with zero attached hydrogens (tertiary/aromatic N) is 3. The van der Waals surface area contributed by atoms with Gasteiger partial charge in [-0.25, -0.2) is 9.97 Å².